The Bertz CT molecular complexity index is 942. The number of anilines is 1. The summed E-state index contributed by atoms with van der Waals surface area (Å²) < 4.78 is 5.11. The molecule has 0 aliphatic heterocycles. The van der Waals surface area contributed by atoms with Crippen molar-refractivity contribution in [1.82, 2.24) is 15.6 Å². The molecule has 3 rings (SSSR count). The Labute approximate surface area is 169 Å². The Kier molecular flexibility index (Phi) is 6.78. The van der Waals surface area contributed by atoms with E-state index in [4.69, 9.17) is 4.74 Å². The first-order valence-electron chi connectivity index (χ1n) is 9.09. The predicted octanol–water partition coefficient (Wildman–Crippen LogP) is 3.34. The molecule has 0 radical (unpaired) electrons. The quantitative estimate of drug-likeness (QED) is 0.577. The third kappa shape index (κ3) is 6.07. The molecule has 2 aromatic carbocycles. The van der Waals surface area contributed by atoms with Gasteiger partial charge in [0.25, 0.3) is 5.91 Å². The van der Waals surface area contributed by atoms with Crippen molar-refractivity contribution in [1.29, 1.82) is 0 Å². The zero-order valence-corrected chi connectivity index (χ0v) is 16.0. The maximum absolute atomic E-state index is 12.1. The highest BCUT2D eigenvalue weighted by molar-refractivity contribution is 5.93. The zero-order chi connectivity index (χ0) is 20.5. The number of rotatable bonds is 7. The van der Waals surface area contributed by atoms with E-state index in [9.17, 15) is 9.59 Å². The van der Waals surface area contributed by atoms with E-state index in [2.05, 4.69) is 20.9 Å². The predicted molar refractivity (Wildman–Crippen MR) is 111 cm³/mol. The molecular formula is C22H22N4O3. The van der Waals surface area contributed by atoms with Gasteiger partial charge in [-0.1, -0.05) is 24.3 Å². The second-order valence-corrected chi connectivity index (χ2v) is 6.28. The molecule has 1 heterocycles. The Hall–Kier alpha value is -3.87. The standard InChI is InChI=1S/C22H22N4O3/c1-29-20-10-6-17(7-11-20)14-25-22(28)26-19-8-4-16(5-9-19)13-24-21(27)18-3-2-12-23-15-18/h2-12,15H,13-14H2,1H3,(H,24,27)(H2,25,26,28). The molecule has 7 nitrogen and oxygen atoms in total. The summed E-state index contributed by atoms with van der Waals surface area (Å²) in [6, 6.07) is 17.9. The fourth-order valence-corrected chi connectivity index (χ4v) is 2.59. The number of carbonyl (C=O) groups excluding carboxylic acids is 2. The van der Waals surface area contributed by atoms with Crippen molar-refractivity contribution in [3.8, 4) is 5.75 Å². The third-order valence-electron chi connectivity index (χ3n) is 4.20. The highest BCUT2D eigenvalue weighted by Gasteiger charge is 2.06. The van der Waals surface area contributed by atoms with Crippen LogP contribution in [0.2, 0.25) is 0 Å². The number of carbonyl (C=O) groups is 2. The molecule has 3 aromatic rings. The van der Waals surface area contributed by atoms with Crippen molar-refractivity contribution in [2.24, 2.45) is 0 Å². The molecule has 3 N–H and O–H groups in total. The SMILES string of the molecule is COc1ccc(CNC(=O)Nc2ccc(CNC(=O)c3cccnc3)cc2)cc1. The van der Waals surface area contributed by atoms with Crippen LogP contribution in [0.3, 0.4) is 0 Å². The third-order valence-corrected chi connectivity index (χ3v) is 4.20. The van der Waals surface area contributed by atoms with Gasteiger partial charge in [0.15, 0.2) is 0 Å². The molecule has 0 unspecified atom stereocenters. The summed E-state index contributed by atoms with van der Waals surface area (Å²) in [6.45, 7) is 0.798. The first-order chi connectivity index (χ1) is 14.1. The molecule has 0 saturated heterocycles. The van der Waals surface area contributed by atoms with Gasteiger partial charge in [-0.2, -0.15) is 0 Å². The van der Waals surface area contributed by atoms with Gasteiger partial charge in [-0.25, -0.2) is 4.79 Å². The van der Waals surface area contributed by atoms with Gasteiger partial charge in [0.1, 0.15) is 5.75 Å². The maximum Gasteiger partial charge on any atom is 0.319 e. The average molecular weight is 390 g/mol. The number of urea groups is 1. The van der Waals surface area contributed by atoms with Gasteiger partial charge in [-0.3, -0.25) is 9.78 Å². The van der Waals surface area contributed by atoms with Gasteiger partial charge >= 0.3 is 6.03 Å². The van der Waals surface area contributed by atoms with Crippen LogP contribution in [-0.4, -0.2) is 24.0 Å². The van der Waals surface area contributed by atoms with Gasteiger partial charge < -0.3 is 20.7 Å². The van der Waals surface area contributed by atoms with Gasteiger partial charge in [0.05, 0.1) is 12.7 Å². The summed E-state index contributed by atoms with van der Waals surface area (Å²) in [4.78, 5) is 28.0. The van der Waals surface area contributed by atoms with E-state index < -0.39 is 0 Å². The number of benzene rings is 2. The number of hydrogen-bond acceptors (Lipinski definition) is 4. The molecule has 3 amide bonds. The van der Waals surface area contributed by atoms with E-state index in [1.807, 2.05) is 36.4 Å². The Balaban J connectivity index is 1.44. The number of nitrogens with one attached hydrogen (secondary N) is 3. The Morgan fingerprint density at radius 2 is 1.55 bits per heavy atom. The van der Waals surface area contributed by atoms with E-state index >= 15 is 0 Å². The van der Waals surface area contributed by atoms with Crippen molar-refractivity contribution in [3.63, 3.8) is 0 Å². The minimum atomic E-state index is -0.293. The van der Waals surface area contributed by atoms with Gasteiger partial charge in [-0.15, -0.1) is 0 Å². The number of methoxy groups -OCH3 is 1. The number of amides is 3. The highest BCUT2D eigenvalue weighted by atomic mass is 16.5. The monoisotopic (exact) mass is 390 g/mol. The van der Waals surface area contributed by atoms with Gasteiger partial charge in [-0.05, 0) is 47.5 Å². The second kappa shape index (κ2) is 9.89. The number of ether oxygens (including phenoxy) is 1. The summed E-state index contributed by atoms with van der Waals surface area (Å²) in [7, 11) is 1.61. The second-order valence-electron chi connectivity index (χ2n) is 6.28. The van der Waals surface area contributed by atoms with E-state index in [1.165, 1.54) is 6.20 Å². The molecule has 0 spiro atoms. The molecule has 0 fully saturated rings. The number of aromatic nitrogens is 1. The molecule has 1 aromatic heterocycles. The molecule has 7 heteroatoms. The van der Waals surface area contributed by atoms with Crippen molar-refractivity contribution in [3.05, 3.63) is 89.7 Å². The van der Waals surface area contributed by atoms with E-state index in [-0.39, 0.29) is 11.9 Å². The van der Waals surface area contributed by atoms with E-state index in [0.717, 1.165) is 16.9 Å². The maximum atomic E-state index is 12.1. The van der Waals surface area contributed by atoms with Crippen molar-refractivity contribution >= 4 is 17.6 Å². The van der Waals surface area contributed by atoms with Crippen LogP contribution < -0.4 is 20.7 Å². The molecule has 0 aliphatic carbocycles. The fourth-order valence-electron chi connectivity index (χ4n) is 2.59. The Morgan fingerprint density at radius 3 is 2.17 bits per heavy atom. The molecule has 0 aliphatic rings. The lowest BCUT2D eigenvalue weighted by atomic mass is 10.2. The number of hydrogen-bond donors (Lipinski definition) is 3. The molecule has 148 valence electrons. The van der Waals surface area contributed by atoms with E-state index in [1.54, 1.807) is 37.6 Å². The van der Waals surface area contributed by atoms with Crippen LogP contribution in [0.25, 0.3) is 0 Å². The molecule has 29 heavy (non-hydrogen) atoms. The van der Waals surface area contributed by atoms with Crippen LogP contribution in [0.15, 0.2) is 73.1 Å². The highest BCUT2D eigenvalue weighted by Crippen LogP contribution is 2.12. The minimum absolute atomic E-state index is 0.182. The van der Waals surface area contributed by atoms with Crippen molar-refractivity contribution in [2.75, 3.05) is 12.4 Å². The van der Waals surface area contributed by atoms with Crippen LogP contribution in [0.4, 0.5) is 10.5 Å². The molecule has 0 saturated carbocycles. The van der Waals surface area contributed by atoms with Gasteiger partial charge in [0, 0.05) is 31.2 Å². The van der Waals surface area contributed by atoms with E-state index in [0.29, 0.717) is 24.3 Å². The van der Waals surface area contributed by atoms with Crippen LogP contribution in [0.1, 0.15) is 21.5 Å². The van der Waals surface area contributed by atoms with Crippen LogP contribution in [-0.2, 0) is 13.1 Å². The summed E-state index contributed by atoms with van der Waals surface area (Å²) in [5.74, 6) is 0.591. The number of pyridine rings is 1. The summed E-state index contributed by atoms with van der Waals surface area (Å²) >= 11 is 0. The lowest BCUT2D eigenvalue weighted by Crippen LogP contribution is -2.28. The van der Waals surface area contributed by atoms with Crippen LogP contribution >= 0.6 is 0 Å². The summed E-state index contributed by atoms with van der Waals surface area (Å²) in [5.41, 5.74) is 3.07. The zero-order valence-electron chi connectivity index (χ0n) is 16.0. The lowest BCUT2D eigenvalue weighted by molar-refractivity contribution is 0.0950. The summed E-state index contributed by atoms with van der Waals surface area (Å²) in [6.07, 6.45) is 3.14. The number of nitrogens with zero attached hydrogens (tertiary/aromatic N) is 1. The normalized spacial score (nSPS) is 10.1. The minimum Gasteiger partial charge on any atom is -0.497 e. The van der Waals surface area contributed by atoms with Crippen molar-refractivity contribution < 1.29 is 14.3 Å². The summed E-state index contributed by atoms with van der Waals surface area (Å²) in [5, 5.41) is 8.42. The fraction of sp³-hybridized carbons (Fsp3) is 0.136. The Morgan fingerprint density at radius 1 is 0.897 bits per heavy atom. The van der Waals surface area contributed by atoms with Crippen LogP contribution in [0.5, 0.6) is 5.75 Å². The van der Waals surface area contributed by atoms with Crippen LogP contribution in [0, 0.1) is 0 Å². The topological polar surface area (TPSA) is 92.4 Å². The molecular weight excluding hydrogens is 368 g/mol. The first kappa shape index (κ1) is 19.9. The largest absolute Gasteiger partial charge is 0.497 e. The molecule has 0 atom stereocenters. The molecule has 0 bridgehead atoms. The van der Waals surface area contributed by atoms with Crippen molar-refractivity contribution in [2.45, 2.75) is 13.1 Å². The van der Waals surface area contributed by atoms with Gasteiger partial charge in [0.2, 0.25) is 0 Å². The first-order valence-corrected chi connectivity index (χ1v) is 9.09. The lowest BCUT2D eigenvalue weighted by Gasteiger charge is -2.09. The average Bonchev–Trinajstić information content (AvgIpc) is 2.78. The smallest absolute Gasteiger partial charge is 0.319 e.